The Hall–Kier alpha value is -4.52. The Morgan fingerprint density at radius 2 is 1.95 bits per heavy atom. The molecule has 2 N–H and O–H groups in total. The minimum absolute atomic E-state index is 0.0433. The molecule has 1 amide bonds. The smallest absolute Gasteiger partial charge is 0.382 e. The van der Waals surface area contributed by atoms with Crippen molar-refractivity contribution in [2.45, 2.75) is 24.9 Å². The number of carbonyl (C=O) groups excluding carboxylic acids is 1. The third-order valence-corrected chi connectivity index (χ3v) is 7.37. The normalized spacial score (nSPS) is 19.0. The summed E-state index contributed by atoms with van der Waals surface area (Å²) in [5.74, 6) is -1.03. The fourth-order valence-corrected chi connectivity index (χ4v) is 5.59. The highest BCUT2D eigenvalue weighted by molar-refractivity contribution is 5.99. The summed E-state index contributed by atoms with van der Waals surface area (Å²) >= 11 is 0. The van der Waals surface area contributed by atoms with Gasteiger partial charge in [0.1, 0.15) is 17.2 Å². The molecular formula is C26H19F4N7O2. The monoisotopic (exact) mass is 537 g/mol. The Bertz CT molecular complexity index is 1790. The quantitative estimate of drug-likeness (QED) is 0.341. The van der Waals surface area contributed by atoms with Crippen molar-refractivity contribution in [2.75, 3.05) is 18.9 Å². The van der Waals surface area contributed by atoms with Gasteiger partial charge in [0.15, 0.2) is 0 Å². The molecule has 0 radical (unpaired) electrons. The number of nitrogen functional groups attached to an aromatic ring is 1. The van der Waals surface area contributed by atoms with Crippen molar-refractivity contribution >= 4 is 28.3 Å². The lowest BCUT2D eigenvalue weighted by molar-refractivity contribution is -0.212. The fraction of sp³-hybridized carbons (Fsp3) is 0.231. The number of nitrogens with zero attached hydrogens (tertiary/aromatic N) is 6. The lowest BCUT2D eigenvalue weighted by atomic mass is 10.00. The number of benzene rings is 2. The molecule has 9 nitrogen and oxygen atoms in total. The van der Waals surface area contributed by atoms with E-state index in [0.717, 1.165) is 23.5 Å². The highest BCUT2D eigenvalue weighted by Crippen LogP contribution is 2.42. The minimum atomic E-state index is -4.61. The van der Waals surface area contributed by atoms with Crippen LogP contribution in [0.2, 0.25) is 0 Å². The zero-order valence-corrected chi connectivity index (χ0v) is 20.1. The van der Waals surface area contributed by atoms with Gasteiger partial charge in [-0.3, -0.25) is 9.20 Å². The molecule has 39 heavy (non-hydrogen) atoms. The van der Waals surface area contributed by atoms with E-state index in [9.17, 15) is 18.0 Å². The lowest BCUT2D eigenvalue weighted by Gasteiger charge is -2.38. The molecule has 7 rings (SSSR count). The van der Waals surface area contributed by atoms with Crippen LogP contribution in [0.1, 0.15) is 27.5 Å². The van der Waals surface area contributed by atoms with E-state index in [1.807, 2.05) is 0 Å². The van der Waals surface area contributed by atoms with Crippen LogP contribution in [0.5, 0.6) is 0 Å². The van der Waals surface area contributed by atoms with E-state index in [1.165, 1.54) is 24.7 Å². The van der Waals surface area contributed by atoms with Crippen molar-refractivity contribution in [3.8, 4) is 11.1 Å². The molecule has 2 atom stereocenters. The number of morpholine rings is 1. The molecule has 2 aliphatic rings. The van der Waals surface area contributed by atoms with Gasteiger partial charge in [0.2, 0.25) is 0 Å². The van der Waals surface area contributed by atoms with Crippen LogP contribution in [0.25, 0.3) is 27.7 Å². The summed E-state index contributed by atoms with van der Waals surface area (Å²) in [6, 6.07) is 7.44. The molecule has 1 saturated heterocycles. The highest BCUT2D eigenvalue weighted by Gasteiger charge is 2.43. The standard InChI is InChI=1S/C26H19F4N7O2/c27-18-8-19-20(36-12-32-10-21(36)24(31)34-19)7-17(18)25(38)35-3-4-39-22-6-14-5-13(1-2-16(14)23(22)35)15-9-33-37(11-15)26(28,29)30/h1-2,5,7-12,22-23H,3-4,6H2,(H2,31,34)/t22-,23+/m1/s1. The van der Waals surface area contributed by atoms with Gasteiger partial charge >= 0.3 is 6.30 Å². The van der Waals surface area contributed by atoms with Crippen LogP contribution in [0.3, 0.4) is 0 Å². The largest absolute Gasteiger partial charge is 0.504 e. The molecule has 0 bridgehead atoms. The van der Waals surface area contributed by atoms with Gasteiger partial charge in [0, 0.05) is 30.8 Å². The maximum absolute atomic E-state index is 15.3. The summed E-state index contributed by atoms with van der Waals surface area (Å²) in [6.07, 6.45) is 0.639. The third-order valence-electron chi connectivity index (χ3n) is 7.37. The van der Waals surface area contributed by atoms with Gasteiger partial charge < -0.3 is 15.4 Å². The van der Waals surface area contributed by atoms with Gasteiger partial charge in [-0.05, 0) is 22.8 Å². The first-order chi connectivity index (χ1) is 18.7. The van der Waals surface area contributed by atoms with Crippen LogP contribution in [0.15, 0.2) is 55.2 Å². The zero-order valence-electron chi connectivity index (χ0n) is 20.1. The number of ether oxygens (including phenoxy) is 1. The van der Waals surface area contributed by atoms with Crippen molar-refractivity contribution in [3.63, 3.8) is 0 Å². The van der Waals surface area contributed by atoms with E-state index in [-0.39, 0.29) is 35.3 Å². The summed E-state index contributed by atoms with van der Waals surface area (Å²) < 4.78 is 61.8. The van der Waals surface area contributed by atoms with E-state index in [4.69, 9.17) is 10.5 Å². The predicted octanol–water partition coefficient (Wildman–Crippen LogP) is 4.08. The number of hydrogen-bond acceptors (Lipinski definition) is 6. The number of fused-ring (bicyclic) bond motifs is 6. The Kier molecular flexibility index (Phi) is 4.98. The van der Waals surface area contributed by atoms with E-state index in [2.05, 4.69) is 15.1 Å². The predicted molar refractivity (Wildman–Crippen MR) is 131 cm³/mol. The highest BCUT2D eigenvalue weighted by atomic mass is 19.4. The zero-order chi connectivity index (χ0) is 27.1. The topological polar surface area (TPSA) is 104 Å². The maximum Gasteiger partial charge on any atom is 0.504 e. The van der Waals surface area contributed by atoms with Gasteiger partial charge in [-0.1, -0.05) is 18.2 Å². The maximum atomic E-state index is 15.3. The molecule has 1 aliphatic heterocycles. The summed E-state index contributed by atoms with van der Waals surface area (Å²) in [5.41, 5.74) is 9.71. The first-order valence-corrected chi connectivity index (χ1v) is 12.1. The lowest BCUT2D eigenvalue weighted by Crippen LogP contribution is -2.46. The van der Waals surface area contributed by atoms with Gasteiger partial charge in [-0.25, -0.2) is 14.4 Å². The van der Waals surface area contributed by atoms with Gasteiger partial charge in [-0.15, -0.1) is 13.2 Å². The summed E-state index contributed by atoms with van der Waals surface area (Å²) in [4.78, 5) is 23.7. The number of amides is 1. The van der Waals surface area contributed by atoms with Crippen molar-refractivity contribution in [1.82, 2.24) is 29.0 Å². The number of halogens is 4. The van der Waals surface area contributed by atoms with E-state index >= 15 is 4.39 Å². The molecule has 1 fully saturated rings. The fourth-order valence-electron chi connectivity index (χ4n) is 5.59. The Labute approximate surface area is 217 Å². The summed E-state index contributed by atoms with van der Waals surface area (Å²) in [7, 11) is 0. The number of hydrogen-bond donors (Lipinski definition) is 1. The Morgan fingerprint density at radius 1 is 1.10 bits per heavy atom. The molecule has 3 aromatic heterocycles. The molecule has 2 aromatic carbocycles. The molecular weight excluding hydrogens is 518 g/mol. The van der Waals surface area contributed by atoms with Crippen LogP contribution in [0, 0.1) is 5.82 Å². The number of nitrogens with two attached hydrogens (primary N) is 1. The first-order valence-electron chi connectivity index (χ1n) is 12.1. The molecule has 198 valence electrons. The van der Waals surface area contributed by atoms with Crippen molar-refractivity contribution in [3.05, 3.63) is 77.8 Å². The Balaban J connectivity index is 1.25. The minimum Gasteiger partial charge on any atom is -0.382 e. The summed E-state index contributed by atoms with van der Waals surface area (Å²) in [5, 5.41) is 3.41. The SMILES string of the molecule is Nc1nc2cc(F)c(C(=O)N3CCO[C@@H]4Cc5cc(-c6cnn(C(F)(F)F)c6)ccc5[C@@H]43)cc2n2cncc12. The molecule has 0 saturated carbocycles. The van der Waals surface area contributed by atoms with Gasteiger partial charge in [0.05, 0.1) is 54.1 Å². The molecule has 0 spiro atoms. The molecule has 13 heteroatoms. The Morgan fingerprint density at radius 3 is 2.74 bits per heavy atom. The second-order valence-corrected chi connectivity index (χ2v) is 9.58. The van der Waals surface area contributed by atoms with E-state index < -0.39 is 24.1 Å². The second-order valence-electron chi connectivity index (χ2n) is 9.58. The number of alkyl halides is 3. The van der Waals surface area contributed by atoms with Gasteiger partial charge in [0.25, 0.3) is 5.91 Å². The van der Waals surface area contributed by atoms with Crippen LogP contribution >= 0.6 is 0 Å². The van der Waals surface area contributed by atoms with E-state index in [1.54, 1.807) is 27.5 Å². The van der Waals surface area contributed by atoms with Crippen molar-refractivity contribution in [2.24, 2.45) is 0 Å². The number of rotatable bonds is 2. The molecule has 0 unspecified atom stereocenters. The van der Waals surface area contributed by atoms with Crippen molar-refractivity contribution in [1.29, 1.82) is 0 Å². The number of anilines is 1. The van der Waals surface area contributed by atoms with Crippen molar-refractivity contribution < 1.29 is 27.1 Å². The van der Waals surface area contributed by atoms with Crippen LogP contribution < -0.4 is 5.73 Å². The second kappa shape index (κ2) is 8.24. The summed E-state index contributed by atoms with van der Waals surface area (Å²) in [6.45, 7) is 0.517. The van der Waals surface area contributed by atoms with Gasteiger partial charge in [-0.2, -0.15) is 9.78 Å². The first kappa shape index (κ1) is 23.6. The van der Waals surface area contributed by atoms with Crippen LogP contribution in [0.4, 0.5) is 23.4 Å². The molecule has 4 heterocycles. The molecule has 1 aliphatic carbocycles. The number of carbonyl (C=O) groups is 1. The van der Waals surface area contributed by atoms with Crippen LogP contribution in [-0.2, 0) is 17.5 Å². The molecule has 5 aromatic rings. The third kappa shape index (κ3) is 3.64. The van der Waals surface area contributed by atoms with E-state index in [0.29, 0.717) is 34.1 Å². The average molecular weight is 537 g/mol. The number of imidazole rings is 1. The average Bonchev–Trinajstić information content (AvgIpc) is 3.65. The van der Waals surface area contributed by atoms with Crippen LogP contribution in [-0.4, -0.2) is 54.2 Å². The number of aromatic nitrogens is 5.